The van der Waals surface area contributed by atoms with Gasteiger partial charge >= 0.3 is 0 Å². The number of amides is 1. The van der Waals surface area contributed by atoms with Gasteiger partial charge in [0.15, 0.2) is 11.5 Å². The largest absolute Gasteiger partial charge is 0.460 e. The van der Waals surface area contributed by atoms with Crippen LogP contribution in [0.3, 0.4) is 0 Å². The van der Waals surface area contributed by atoms with Gasteiger partial charge in [-0.05, 0) is 43.3 Å². The molecule has 1 fully saturated rings. The molecule has 0 bridgehead atoms. The number of halogens is 1. The van der Waals surface area contributed by atoms with E-state index in [1.165, 1.54) is 12.1 Å². The molecule has 1 aromatic carbocycles. The molecule has 0 saturated carbocycles. The average Bonchev–Trinajstić information content (AvgIpc) is 3.38. The predicted molar refractivity (Wildman–Crippen MR) is 108 cm³/mol. The van der Waals surface area contributed by atoms with E-state index < -0.39 is 0 Å². The number of nitrogens with zero attached hydrogens (tertiary/aromatic N) is 3. The molecule has 0 spiro atoms. The SMILES string of the molecule is Cc1ccc(-c2cc(C(=O)NCCN3CCN(c4ccc(F)cc4)CC3)n[nH]2)o1. The number of rotatable bonds is 6. The van der Waals surface area contributed by atoms with Crippen LogP contribution in [0.15, 0.2) is 46.9 Å². The van der Waals surface area contributed by atoms with Crippen LogP contribution >= 0.6 is 0 Å². The fourth-order valence-electron chi connectivity index (χ4n) is 3.44. The minimum atomic E-state index is -0.216. The lowest BCUT2D eigenvalue weighted by Gasteiger charge is -2.36. The lowest BCUT2D eigenvalue weighted by Crippen LogP contribution is -2.48. The van der Waals surface area contributed by atoms with Gasteiger partial charge in [0.2, 0.25) is 0 Å². The summed E-state index contributed by atoms with van der Waals surface area (Å²) in [7, 11) is 0. The van der Waals surface area contributed by atoms with Crippen LogP contribution in [-0.2, 0) is 0 Å². The molecular formula is C21H24FN5O2. The number of aromatic nitrogens is 2. The molecule has 152 valence electrons. The highest BCUT2D eigenvalue weighted by atomic mass is 19.1. The number of piperazine rings is 1. The third kappa shape index (κ3) is 4.65. The summed E-state index contributed by atoms with van der Waals surface area (Å²) in [5, 5.41) is 9.83. The first-order chi connectivity index (χ1) is 14.1. The molecule has 0 atom stereocenters. The first-order valence-electron chi connectivity index (χ1n) is 9.72. The second kappa shape index (κ2) is 8.48. The second-order valence-corrected chi connectivity index (χ2v) is 7.14. The molecule has 0 unspecified atom stereocenters. The number of benzene rings is 1. The van der Waals surface area contributed by atoms with E-state index >= 15 is 0 Å². The maximum Gasteiger partial charge on any atom is 0.271 e. The van der Waals surface area contributed by atoms with Gasteiger partial charge in [0.25, 0.3) is 5.91 Å². The number of anilines is 1. The lowest BCUT2D eigenvalue weighted by molar-refractivity contribution is 0.0942. The first kappa shape index (κ1) is 19.2. The molecule has 1 aliphatic heterocycles. The molecule has 1 saturated heterocycles. The van der Waals surface area contributed by atoms with Gasteiger partial charge in [0, 0.05) is 51.0 Å². The highest BCUT2D eigenvalue weighted by Gasteiger charge is 2.18. The highest BCUT2D eigenvalue weighted by molar-refractivity contribution is 5.93. The Balaban J connectivity index is 1.21. The summed E-state index contributed by atoms with van der Waals surface area (Å²) in [5.74, 6) is 1.04. The van der Waals surface area contributed by atoms with Crippen molar-refractivity contribution in [3.8, 4) is 11.5 Å². The first-order valence-corrected chi connectivity index (χ1v) is 9.72. The zero-order valence-corrected chi connectivity index (χ0v) is 16.3. The van der Waals surface area contributed by atoms with Gasteiger partial charge in [0.05, 0.1) is 0 Å². The van der Waals surface area contributed by atoms with Crippen molar-refractivity contribution in [2.75, 3.05) is 44.2 Å². The molecule has 0 radical (unpaired) electrons. The van der Waals surface area contributed by atoms with E-state index in [4.69, 9.17) is 4.42 Å². The van der Waals surface area contributed by atoms with Crippen LogP contribution in [0.2, 0.25) is 0 Å². The van der Waals surface area contributed by atoms with E-state index in [9.17, 15) is 9.18 Å². The molecular weight excluding hydrogens is 373 g/mol. The second-order valence-electron chi connectivity index (χ2n) is 7.14. The smallest absolute Gasteiger partial charge is 0.271 e. The van der Waals surface area contributed by atoms with E-state index in [0.717, 1.165) is 44.2 Å². The minimum absolute atomic E-state index is 0.208. The number of H-pyrrole nitrogens is 1. The molecule has 4 rings (SSSR count). The number of furan rings is 1. The van der Waals surface area contributed by atoms with Crippen molar-refractivity contribution < 1.29 is 13.6 Å². The number of aryl methyl sites for hydroxylation is 1. The maximum atomic E-state index is 13.1. The van der Waals surface area contributed by atoms with Crippen molar-refractivity contribution in [2.45, 2.75) is 6.92 Å². The van der Waals surface area contributed by atoms with E-state index in [0.29, 0.717) is 23.7 Å². The summed E-state index contributed by atoms with van der Waals surface area (Å²) in [6.07, 6.45) is 0. The van der Waals surface area contributed by atoms with Crippen LogP contribution in [0, 0.1) is 12.7 Å². The summed E-state index contributed by atoms with van der Waals surface area (Å²) < 4.78 is 18.6. The summed E-state index contributed by atoms with van der Waals surface area (Å²) in [6.45, 7) is 6.76. The average molecular weight is 397 g/mol. The van der Waals surface area contributed by atoms with Crippen LogP contribution in [0.1, 0.15) is 16.2 Å². The van der Waals surface area contributed by atoms with E-state index in [-0.39, 0.29) is 11.7 Å². The van der Waals surface area contributed by atoms with Crippen molar-refractivity contribution in [1.29, 1.82) is 0 Å². The quantitative estimate of drug-likeness (QED) is 0.669. The van der Waals surface area contributed by atoms with E-state index in [1.807, 2.05) is 31.2 Å². The highest BCUT2D eigenvalue weighted by Crippen LogP contribution is 2.20. The van der Waals surface area contributed by atoms with Crippen LogP contribution in [0.5, 0.6) is 0 Å². The number of aromatic amines is 1. The molecule has 3 aromatic rings. The summed E-state index contributed by atoms with van der Waals surface area (Å²) in [4.78, 5) is 16.9. The molecule has 1 aliphatic rings. The Morgan fingerprint density at radius 1 is 1.17 bits per heavy atom. The standard InChI is InChI=1S/C21H24FN5O2/c1-15-2-7-20(29-15)18-14-19(25-24-18)21(28)23-8-9-26-10-12-27(13-11-26)17-5-3-16(22)4-6-17/h2-7,14H,8-13H2,1H3,(H,23,28)(H,24,25). The summed E-state index contributed by atoms with van der Waals surface area (Å²) in [6, 6.07) is 12.0. The number of hydrogen-bond acceptors (Lipinski definition) is 5. The zero-order valence-electron chi connectivity index (χ0n) is 16.3. The Morgan fingerprint density at radius 2 is 1.93 bits per heavy atom. The van der Waals surface area contributed by atoms with Gasteiger partial charge in [-0.2, -0.15) is 5.10 Å². The van der Waals surface area contributed by atoms with Gasteiger partial charge in [0.1, 0.15) is 17.3 Å². The van der Waals surface area contributed by atoms with Gasteiger partial charge in [-0.25, -0.2) is 4.39 Å². The number of nitrogens with one attached hydrogen (secondary N) is 2. The normalized spacial score (nSPS) is 14.9. The molecule has 29 heavy (non-hydrogen) atoms. The van der Waals surface area contributed by atoms with Crippen LogP contribution in [0.4, 0.5) is 10.1 Å². The fourth-order valence-corrected chi connectivity index (χ4v) is 3.44. The molecule has 2 aromatic heterocycles. The van der Waals surface area contributed by atoms with Gasteiger partial charge in [-0.15, -0.1) is 0 Å². The zero-order chi connectivity index (χ0) is 20.2. The molecule has 7 nitrogen and oxygen atoms in total. The predicted octanol–water partition coefficient (Wildman–Crippen LogP) is 2.67. The van der Waals surface area contributed by atoms with Crippen molar-refractivity contribution >= 4 is 11.6 Å². The third-order valence-corrected chi connectivity index (χ3v) is 5.09. The van der Waals surface area contributed by atoms with Crippen molar-refractivity contribution in [3.63, 3.8) is 0 Å². The Labute approximate surface area is 168 Å². The van der Waals surface area contributed by atoms with Crippen molar-refractivity contribution in [1.82, 2.24) is 20.4 Å². The number of carbonyl (C=O) groups is 1. The number of hydrogen-bond donors (Lipinski definition) is 2. The van der Waals surface area contributed by atoms with Crippen LogP contribution in [0.25, 0.3) is 11.5 Å². The van der Waals surface area contributed by atoms with Crippen LogP contribution < -0.4 is 10.2 Å². The van der Waals surface area contributed by atoms with Crippen molar-refractivity contribution in [2.24, 2.45) is 0 Å². The van der Waals surface area contributed by atoms with Crippen molar-refractivity contribution in [3.05, 3.63) is 59.7 Å². The number of carbonyl (C=O) groups excluding carboxylic acids is 1. The Morgan fingerprint density at radius 3 is 2.62 bits per heavy atom. The molecule has 1 amide bonds. The van der Waals surface area contributed by atoms with E-state index in [2.05, 4.69) is 25.3 Å². The fraction of sp³-hybridized carbons (Fsp3) is 0.333. The Hall–Kier alpha value is -3.13. The Bertz CT molecular complexity index is 958. The van der Waals surface area contributed by atoms with E-state index in [1.54, 1.807) is 6.07 Å². The van der Waals surface area contributed by atoms with Gasteiger partial charge in [-0.3, -0.25) is 14.8 Å². The Kier molecular flexibility index (Phi) is 5.62. The summed E-state index contributed by atoms with van der Waals surface area (Å²) in [5.41, 5.74) is 2.07. The minimum Gasteiger partial charge on any atom is -0.460 e. The van der Waals surface area contributed by atoms with Gasteiger partial charge in [-0.1, -0.05) is 0 Å². The molecule has 3 heterocycles. The maximum absolute atomic E-state index is 13.1. The lowest BCUT2D eigenvalue weighted by atomic mass is 10.2. The van der Waals surface area contributed by atoms with Crippen LogP contribution in [-0.4, -0.2) is 60.3 Å². The monoisotopic (exact) mass is 397 g/mol. The molecule has 2 N–H and O–H groups in total. The van der Waals surface area contributed by atoms with Gasteiger partial charge < -0.3 is 14.6 Å². The summed E-state index contributed by atoms with van der Waals surface area (Å²) >= 11 is 0. The topological polar surface area (TPSA) is 77.4 Å². The third-order valence-electron chi connectivity index (χ3n) is 5.09. The molecule has 8 heteroatoms. The molecule has 0 aliphatic carbocycles.